The van der Waals surface area contributed by atoms with Crippen LogP contribution in [0, 0.1) is 0 Å². The molecule has 3 aromatic carbocycles. The zero-order valence-electron chi connectivity index (χ0n) is 18.3. The lowest BCUT2D eigenvalue weighted by molar-refractivity contribution is -0.142. The molecule has 0 aliphatic rings. The maximum absolute atomic E-state index is 13.4. The van der Waals surface area contributed by atoms with Crippen molar-refractivity contribution in [3.05, 3.63) is 114 Å². The monoisotopic (exact) mass is 462 g/mol. The Hall–Kier alpha value is -3.57. The Morgan fingerprint density at radius 1 is 0.939 bits per heavy atom. The van der Waals surface area contributed by atoms with Crippen LogP contribution in [0.1, 0.15) is 11.1 Å². The van der Waals surface area contributed by atoms with Gasteiger partial charge in [0.05, 0.1) is 5.02 Å². The first-order valence-electron chi connectivity index (χ1n) is 10.7. The summed E-state index contributed by atoms with van der Waals surface area (Å²) in [5.74, 6) is -0.142. The van der Waals surface area contributed by atoms with Crippen LogP contribution in [0.15, 0.2) is 97.6 Å². The van der Waals surface area contributed by atoms with Gasteiger partial charge in [0.2, 0.25) is 5.91 Å². The molecule has 0 aromatic heterocycles. The van der Waals surface area contributed by atoms with Gasteiger partial charge in [0.15, 0.2) is 6.61 Å². The van der Waals surface area contributed by atoms with Crippen LogP contribution in [0.2, 0.25) is 5.02 Å². The van der Waals surface area contributed by atoms with E-state index in [1.54, 1.807) is 35.2 Å². The fraction of sp³-hybridized carbons (Fsp3) is 0.185. The molecule has 3 rings (SSSR count). The minimum Gasteiger partial charge on any atom is -0.482 e. The molecular formula is C27H27ClN2O3. The maximum atomic E-state index is 13.4. The van der Waals surface area contributed by atoms with E-state index in [0.29, 0.717) is 23.7 Å². The van der Waals surface area contributed by atoms with Crippen LogP contribution in [-0.2, 0) is 22.6 Å². The van der Waals surface area contributed by atoms with Crippen LogP contribution in [-0.4, -0.2) is 35.9 Å². The summed E-state index contributed by atoms with van der Waals surface area (Å²) in [6.45, 7) is 4.01. The summed E-state index contributed by atoms with van der Waals surface area (Å²) in [4.78, 5) is 28.1. The number of ether oxygens (including phenoxy) is 1. The normalized spacial score (nSPS) is 11.3. The van der Waals surface area contributed by atoms with Gasteiger partial charge in [-0.2, -0.15) is 0 Å². The van der Waals surface area contributed by atoms with Gasteiger partial charge in [0.25, 0.3) is 5.91 Å². The number of carbonyl (C=O) groups is 2. The summed E-state index contributed by atoms with van der Waals surface area (Å²) < 4.78 is 5.71. The summed E-state index contributed by atoms with van der Waals surface area (Å²) in [7, 11) is 0. The standard InChI is InChI=1S/C27H27ClN2O3/c1-2-17-29-27(32)24(18-21-11-5-3-6-12-21)30(19-22-13-7-4-8-14-22)26(31)20-33-25-16-10-9-15-23(25)28/h2-16,24H,1,17-20H2,(H,29,32)/t24-/m1/s1. The molecule has 0 aliphatic heterocycles. The number of rotatable bonds is 11. The number of benzene rings is 3. The van der Waals surface area contributed by atoms with Crippen LogP contribution in [0.3, 0.4) is 0 Å². The Labute approximate surface area is 199 Å². The highest BCUT2D eigenvalue weighted by atomic mass is 35.5. The van der Waals surface area contributed by atoms with Crippen molar-refractivity contribution in [2.75, 3.05) is 13.2 Å². The van der Waals surface area contributed by atoms with E-state index in [4.69, 9.17) is 16.3 Å². The molecule has 0 unspecified atom stereocenters. The number of nitrogens with one attached hydrogen (secondary N) is 1. The zero-order valence-corrected chi connectivity index (χ0v) is 19.1. The second kappa shape index (κ2) is 12.5. The molecule has 5 nitrogen and oxygen atoms in total. The molecule has 33 heavy (non-hydrogen) atoms. The van der Waals surface area contributed by atoms with Crippen molar-refractivity contribution >= 4 is 23.4 Å². The van der Waals surface area contributed by atoms with Gasteiger partial charge < -0.3 is 15.0 Å². The Morgan fingerprint density at radius 2 is 1.55 bits per heavy atom. The second-order valence-corrected chi connectivity index (χ2v) is 7.87. The van der Waals surface area contributed by atoms with Crippen molar-refractivity contribution in [1.29, 1.82) is 0 Å². The number of carbonyl (C=O) groups excluding carboxylic acids is 2. The molecule has 0 spiro atoms. The number of hydrogen-bond donors (Lipinski definition) is 1. The van der Waals surface area contributed by atoms with Crippen LogP contribution < -0.4 is 10.1 Å². The Balaban J connectivity index is 1.88. The lowest BCUT2D eigenvalue weighted by Crippen LogP contribution is -2.51. The Morgan fingerprint density at radius 3 is 2.18 bits per heavy atom. The summed E-state index contributed by atoms with van der Waals surface area (Å²) in [6.07, 6.45) is 1.98. The predicted octanol–water partition coefficient (Wildman–Crippen LogP) is 4.66. The maximum Gasteiger partial charge on any atom is 0.261 e. The third-order valence-electron chi connectivity index (χ3n) is 5.08. The molecule has 0 saturated carbocycles. The SMILES string of the molecule is C=CCNC(=O)[C@@H](Cc1ccccc1)N(Cc1ccccc1)C(=O)COc1ccccc1Cl. The fourth-order valence-electron chi connectivity index (χ4n) is 3.41. The van der Waals surface area contributed by atoms with E-state index >= 15 is 0 Å². The van der Waals surface area contributed by atoms with E-state index in [-0.39, 0.29) is 25.0 Å². The van der Waals surface area contributed by atoms with Gasteiger partial charge in [0.1, 0.15) is 11.8 Å². The third-order valence-corrected chi connectivity index (χ3v) is 5.39. The molecular weight excluding hydrogens is 436 g/mol. The lowest BCUT2D eigenvalue weighted by Gasteiger charge is -2.31. The third kappa shape index (κ3) is 7.22. The van der Waals surface area contributed by atoms with Gasteiger partial charge in [-0.05, 0) is 23.3 Å². The van der Waals surface area contributed by atoms with Gasteiger partial charge in [0, 0.05) is 19.5 Å². The van der Waals surface area contributed by atoms with Crippen molar-refractivity contribution in [2.24, 2.45) is 0 Å². The Kier molecular flexibility index (Phi) is 9.09. The first kappa shape index (κ1) is 24.1. The zero-order chi connectivity index (χ0) is 23.5. The average Bonchev–Trinajstić information content (AvgIpc) is 2.85. The van der Waals surface area contributed by atoms with Gasteiger partial charge in [-0.25, -0.2) is 0 Å². The van der Waals surface area contributed by atoms with E-state index in [1.165, 1.54) is 0 Å². The van der Waals surface area contributed by atoms with Gasteiger partial charge in [-0.1, -0.05) is 90.5 Å². The molecule has 170 valence electrons. The van der Waals surface area contributed by atoms with E-state index in [1.807, 2.05) is 60.7 Å². The van der Waals surface area contributed by atoms with Crippen molar-refractivity contribution in [2.45, 2.75) is 19.0 Å². The number of para-hydroxylation sites is 1. The number of hydrogen-bond acceptors (Lipinski definition) is 3. The highest BCUT2D eigenvalue weighted by molar-refractivity contribution is 6.32. The average molecular weight is 463 g/mol. The predicted molar refractivity (Wildman–Crippen MR) is 131 cm³/mol. The molecule has 2 amide bonds. The molecule has 0 aliphatic carbocycles. The van der Waals surface area contributed by atoms with Crippen LogP contribution >= 0.6 is 11.6 Å². The van der Waals surface area contributed by atoms with Crippen molar-refractivity contribution in [3.63, 3.8) is 0 Å². The molecule has 0 saturated heterocycles. The molecule has 0 radical (unpaired) electrons. The topological polar surface area (TPSA) is 58.6 Å². The molecule has 1 N–H and O–H groups in total. The molecule has 0 bridgehead atoms. The minimum absolute atomic E-state index is 0.239. The molecule has 3 aromatic rings. The van der Waals surface area contributed by atoms with E-state index in [0.717, 1.165) is 11.1 Å². The van der Waals surface area contributed by atoms with Crippen molar-refractivity contribution in [1.82, 2.24) is 10.2 Å². The fourth-order valence-corrected chi connectivity index (χ4v) is 3.60. The summed E-state index contributed by atoms with van der Waals surface area (Å²) in [5, 5.41) is 3.26. The minimum atomic E-state index is -0.727. The van der Waals surface area contributed by atoms with Gasteiger partial charge >= 0.3 is 0 Å². The Bertz CT molecular complexity index is 1060. The smallest absolute Gasteiger partial charge is 0.261 e. The van der Waals surface area contributed by atoms with E-state index in [2.05, 4.69) is 11.9 Å². The van der Waals surface area contributed by atoms with Gasteiger partial charge in [-0.3, -0.25) is 9.59 Å². The number of amides is 2. The summed E-state index contributed by atoms with van der Waals surface area (Å²) in [5.41, 5.74) is 1.87. The largest absolute Gasteiger partial charge is 0.482 e. The van der Waals surface area contributed by atoms with Crippen molar-refractivity contribution in [3.8, 4) is 5.75 Å². The quantitative estimate of drug-likeness (QED) is 0.421. The van der Waals surface area contributed by atoms with Crippen molar-refractivity contribution < 1.29 is 14.3 Å². The molecule has 1 atom stereocenters. The first-order valence-corrected chi connectivity index (χ1v) is 11.1. The summed E-state index contributed by atoms with van der Waals surface area (Å²) in [6, 6.07) is 25.5. The van der Waals surface area contributed by atoms with E-state index in [9.17, 15) is 9.59 Å². The highest BCUT2D eigenvalue weighted by Crippen LogP contribution is 2.23. The molecule has 0 heterocycles. The number of nitrogens with zero attached hydrogens (tertiary/aromatic N) is 1. The second-order valence-electron chi connectivity index (χ2n) is 7.47. The first-order chi connectivity index (χ1) is 16.1. The number of halogens is 1. The summed E-state index contributed by atoms with van der Waals surface area (Å²) >= 11 is 6.17. The van der Waals surface area contributed by atoms with Crippen LogP contribution in [0.5, 0.6) is 5.75 Å². The molecule has 0 fully saturated rings. The molecule has 6 heteroatoms. The lowest BCUT2D eigenvalue weighted by atomic mass is 10.0. The van der Waals surface area contributed by atoms with Crippen LogP contribution in [0.4, 0.5) is 0 Å². The van der Waals surface area contributed by atoms with Crippen LogP contribution in [0.25, 0.3) is 0 Å². The highest BCUT2D eigenvalue weighted by Gasteiger charge is 2.30. The van der Waals surface area contributed by atoms with E-state index < -0.39 is 6.04 Å². The van der Waals surface area contributed by atoms with Gasteiger partial charge in [-0.15, -0.1) is 6.58 Å².